The first kappa shape index (κ1) is 11.9. The molecule has 1 aliphatic rings. The van der Waals surface area contributed by atoms with Crippen LogP contribution in [0.5, 0.6) is 0 Å². The molecule has 2 N–H and O–H groups in total. The average Bonchev–Trinajstić information content (AvgIpc) is 2.29. The van der Waals surface area contributed by atoms with E-state index in [1.54, 1.807) is 0 Å². The van der Waals surface area contributed by atoms with E-state index in [0.717, 1.165) is 19.6 Å². The SMILES string of the molecule is CNCc1cc(C)ccc1N1CCNC(=O)C1. The summed E-state index contributed by atoms with van der Waals surface area (Å²) in [6.45, 7) is 4.98. The van der Waals surface area contributed by atoms with Gasteiger partial charge in [-0.3, -0.25) is 4.79 Å². The maximum atomic E-state index is 11.4. The summed E-state index contributed by atoms with van der Waals surface area (Å²) < 4.78 is 0. The van der Waals surface area contributed by atoms with Crippen molar-refractivity contribution in [1.29, 1.82) is 0 Å². The molecule has 0 spiro atoms. The minimum Gasteiger partial charge on any atom is -0.360 e. The molecule has 0 saturated carbocycles. The Morgan fingerprint density at radius 1 is 1.47 bits per heavy atom. The van der Waals surface area contributed by atoms with Gasteiger partial charge in [-0.05, 0) is 25.6 Å². The topological polar surface area (TPSA) is 44.4 Å². The zero-order valence-electron chi connectivity index (χ0n) is 10.4. The van der Waals surface area contributed by atoms with Crippen molar-refractivity contribution in [2.45, 2.75) is 13.5 Å². The third-order valence-electron chi connectivity index (χ3n) is 2.98. The summed E-state index contributed by atoms with van der Waals surface area (Å²) in [6.07, 6.45) is 0. The molecule has 1 fully saturated rings. The Labute approximate surface area is 102 Å². The molecule has 1 aromatic carbocycles. The second-order valence-corrected chi connectivity index (χ2v) is 4.43. The van der Waals surface area contributed by atoms with E-state index in [-0.39, 0.29) is 5.91 Å². The molecule has 92 valence electrons. The lowest BCUT2D eigenvalue weighted by Gasteiger charge is -2.30. The van der Waals surface area contributed by atoms with Crippen LogP contribution >= 0.6 is 0 Å². The van der Waals surface area contributed by atoms with E-state index >= 15 is 0 Å². The zero-order chi connectivity index (χ0) is 12.3. The van der Waals surface area contributed by atoms with Crippen LogP contribution in [0.3, 0.4) is 0 Å². The highest BCUT2D eigenvalue weighted by Gasteiger charge is 2.18. The molecular weight excluding hydrogens is 214 g/mol. The molecule has 1 amide bonds. The fourth-order valence-corrected chi connectivity index (χ4v) is 2.20. The van der Waals surface area contributed by atoms with Gasteiger partial charge in [0.2, 0.25) is 5.91 Å². The maximum absolute atomic E-state index is 11.4. The number of nitrogens with one attached hydrogen (secondary N) is 2. The summed E-state index contributed by atoms with van der Waals surface area (Å²) in [7, 11) is 1.94. The van der Waals surface area contributed by atoms with Crippen molar-refractivity contribution in [2.24, 2.45) is 0 Å². The van der Waals surface area contributed by atoms with Crippen molar-refractivity contribution >= 4 is 11.6 Å². The molecule has 0 radical (unpaired) electrons. The molecular formula is C13H19N3O. The summed E-state index contributed by atoms with van der Waals surface area (Å²) in [5, 5.41) is 6.02. The van der Waals surface area contributed by atoms with Gasteiger partial charge < -0.3 is 15.5 Å². The first-order valence-corrected chi connectivity index (χ1v) is 5.96. The maximum Gasteiger partial charge on any atom is 0.239 e. The van der Waals surface area contributed by atoms with Crippen LogP contribution in [0.1, 0.15) is 11.1 Å². The molecule has 4 nitrogen and oxygen atoms in total. The minimum atomic E-state index is 0.104. The molecule has 0 unspecified atom stereocenters. The van der Waals surface area contributed by atoms with Crippen molar-refractivity contribution in [3.63, 3.8) is 0 Å². The Hall–Kier alpha value is -1.55. The van der Waals surface area contributed by atoms with Gasteiger partial charge in [0.25, 0.3) is 0 Å². The van der Waals surface area contributed by atoms with Gasteiger partial charge in [-0.25, -0.2) is 0 Å². The van der Waals surface area contributed by atoms with Crippen LogP contribution < -0.4 is 15.5 Å². The normalized spacial score (nSPS) is 15.9. The van der Waals surface area contributed by atoms with Gasteiger partial charge in [-0.2, -0.15) is 0 Å². The number of benzene rings is 1. The number of carbonyl (C=O) groups is 1. The van der Waals surface area contributed by atoms with Crippen LogP contribution in [0, 0.1) is 6.92 Å². The Morgan fingerprint density at radius 3 is 3.00 bits per heavy atom. The van der Waals surface area contributed by atoms with Crippen LogP contribution in [0.25, 0.3) is 0 Å². The van der Waals surface area contributed by atoms with Crippen molar-refractivity contribution < 1.29 is 4.79 Å². The summed E-state index contributed by atoms with van der Waals surface area (Å²) in [5.74, 6) is 0.104. The number of hydrogen-bond donors (Lipinski definition) is 2. The number of anilines is 1. The molecule has 17 heavy (non-hydrogen) atoms. The fourth-order valence-electron chi connectivity index (χ4n) is 2.20. The van der Waals surface area contributed by atoms with E-state index in [9.17, 15) is 4.79 Å². The van der Waals surface area contributed by atoms with Crippen molar-refractivity contribution in [3.05, 3.63) is 29.3 Å². The molecule has 1 aromatic rings. The molecule has 0 bridgehead atoms. The molecule has 1 aliphatic heterocycles. The largest absolute Gasteiger partial charge is 0.360 e. The lowest BCUT2D eigenvalue weighted by Crippen LogP contribution is -2.48. The predicted molar refractivity (Wildman–Crippen MR) is 69.2 cm³/mol. The van der Waals surface area contributed by atoms with E-state index in [1.165, 1.54) is 16.8 Å². The molecule has 1 heterocycles. The van der Waals surface area contributed by atoms with Crippen LogP contribution in [0.4, 0.5) is 5.69 Å². The first-order chi connectivity index (χ1) is 8.20. The molecule has 4 heteroatoms. The molecule has 2 rings (SSSR count). The lowest BCUT2D eigenvalue weighted by molar-refractivity contribution is -0.120. The summed E-state index contributed by atoms with van der Waals surface area (Å²) in [5.41, 5.74) is 3.67. The molecule has 1 saturated heterocycles. The minimum absolute atomic E-state index is 0.104. The molecule has 0 aliphatic carbocycles. The zero-order valence-corrected chi connectivity index (χ0v) is 10.4. The number of rotatable bonds is 3. The van der Waals surface area contributed by atoms with Crippen molar-refractivity contribution in [3.8, 4) is 0 Å². The highest BCUT2D eigenvalue weighted by molar-refractivity contribution is 5.83. The number of nitrogens with zero attached hydrogens (tertiary/aromatic N) is 1. The van der Waals surface area contributed by atoms with Crippen molar-refractivity contribution in [2.75, 3.05) is 31.6 Å². The second kappa shape index (κ2) is 5.19. The van der Waals surface area contributed by atoms with Gasteiger partial charge in [0.15, 0.2) is 0 Å². The standard InChI is InChI=1S/C13H19N3O/c1-10-3-4-12(11(7-10)8-14-2)16-6-5-15-13(17)9-16/h3-4,7,14H,5-6,8-9H2,1-2H3,(H,15,17). The van der Waals surface area contributed by atoms with Gasteiger partial charge in [0, 0.05) is 25.3 Å². The second-order valence-electron chi connectivity index (χ2n) is 4.43. The smallest absolute Gasteiger partial charge is 0.239 e. The predicted octanol–water partition coefficient (Wildman–Crippen LogP) is 0.651. The van der Waals surface area contributed by atoms with Crippen LogP contribution in [-0.2, 0) is 11.3 Å². The van der Waals surface area contributed by atoms with E-state index in [4.69, 9.17) is 0 Å². The van der Waals surface area contributed by atoms with Crippen LogP contribution in [0.2, 0.25) is 0 Å². The van der Waals surface area contributed by atoms with Gasteiger partial charge in [0.05, 0.1) is 6.54 Å². The highest BCUT2D eigenvalue weighted by Crippen LogP contribution is 2.22. The summed E-state index contributed by atoms with van der Waals surface area (Å²) in [4.78, 5) is 13.6. The number of carbonyl (C=O) groups excluding carboxylic acids is 1. The van der Waals surface area contributed by atoms with Gasteiger partial charge in [0.1, 0.15) is 0 Å². The summed E-state index contributed by atoms with van der Waals surface area (Å²) in [6, 6.07) is 6.39. The van der Waals surface area contributed by atoms with Gasteiger partial charge in [-0.1, -0.05) is 17.7 Å². The van der Waals surface area contributed by atoms with Crippen molar-refractivity contribution in [1.82, 2.24) is 10.6 Å². The Kier molecular flexibility index (Phi) is 3.64. The van der Waals surface area contributed by atoms with E-state index < -0.39 is 0 Å². The number of amides is 1. The van der Waals surface area contributed by atoms with E-state index in [0.29, 0.717) is 6.54 Å². The number of aryl methyl sites for hydroxylation is 1. The quantitative estimate of drug-likeness (QED) is 0.805. The molecule has 0 aromatic heterocycles. The monoisotopic (exact) mass is 233 g/mol. The number of piperazine rings is 1. The Bertz CT molecular complexity index is 417. The number of hydrogen-bond acceptors (Lipinski definition) is 3. The van der Waals surface area contributed by atoms with Crippen LogP contribution in [-0.4, -0.2) is 32.6 Å². The summed E-state index contributed by atoms with van der Waals surface area (Å²) >= 11 is 0. The Morgan fingerprint density at radius 2 is 2.29 bits per heavy atom. The Balaban J connectivity index is 2.26. The fraction of sp³-hybridized carbons (Fsp3) is 0.462. The lowest BCUT2D eigenvalue weighted by atomic mass is 10.1. The third kappa shape index (κ3) is 2.77. The van der Waals surface area contributed by atoms with Gasteiger partial charge in [-0.15, -0.1) is 0 Å². The molecule has 0 atom stereocenters. The average molecular weight is 233 g/mol. The van der Waals surface area contributed by atoms with E-state index in [1.807, 2.05) is 7.05 Å². The van der Waals surface area contributed by atoms with Crippen LogP contribution in [0.15, 0.2) is 18.2 Å². The van der Waals surface area contributed by atoms with Gasteiger partial charge >= 0.3 is 0 Å². The van der Waals surface area contributed by atoms with E-state index in [2.05, 4.69) is 40.7 Å². The first-order valence-electron chi connectivity index (χ1n) is 5.96. The third-order valence-corrected chi connectivity index (χ3v) is 2.98. The highest BCUT2D eigenvalue weighted by atomic mass is 16.2.